The van der Waals surface area contributed by atoms with E-state index in [2.05, 4.69) is 16.0 Å². The Kier molecular flexibility index (Phi) is 10.9. The van der Waals surface area contributed by atoms with Crippen molar-refractivity contribution in [3.05, 3.63) is 0 Å². The Labute approximate surface area is 157 Å². The highest BCUT2D eigenvalue weighted by atomic mass is 35.5. The van der Waals surface area contributed by atoms with Crippen LogP contribution < -0.4 is 21.7 Å². The van der Waals surface area contributed by atoms with E-state index in [1.165, 1.54) is 32.1 Å². The van der Waals surface area contributed by atoms with E-state index < -0.39 is 0 Å². The molecule has 1 unspecified atom stereocenters. The van der Waals surface area contributed by atoms with E-state index in [9.17, 15) is 9.59 Å². The van der Waals surface area contributed by atoms with Gasteiger partial charge in [-0.25, -0.2) is 4.79 Å². The molecule has 3 amide bonds. The zero-order valence-corrected chi connectivity index (χ0v) is 16.0. The van der Waals surface area contributed by atoms with Gasteiger partial charge in [-0.3, -0.25) is 4.79 Å². The van der Waals surface area contributed by atoms with E-state index in [1.807, 2.05) is 0 Å². The molecule has 0 saturated heterocycles. The molecule has 0 aromatic rings. The molecular formula is C18H35ClN4O2. The fraction of sp³-hybridized carbons (Fsp3) is 0.889. The Morgan fingerprint density at radius 1 is 1.00 bits per heavy atom. The number of urea groups is 1. The molecule has 0 spiro atoms. The lowest BCUT2D eigenvalue weighted by Crippen LogP contribution is -2.43. The van der Waals surface area contributed by atoms with E-state index in [1.54, 1.807) is 0 Å². The van der Waals surface area contributed by atoms with Gasteiger partial charge >= 0.3 is 6.03 Å². The first-order chi connectivity index (χ1) is 11.7. The van der Waals surface area contributed by atoms with Gasteiger partial charge in [0.15, 0.2) is 0 Å². The second kappa shape index (κ2) is 12.4. The molecule has 5 N–H and O–H groups in total. The van der Waals surface area contributed by atoms with E-state index in [4.69, 9.17) is 5.73 Å². The number of hydrogen-bond donors (Lipinski definition) is 4. The summed E-state index contributed by atoms with van der Waals surface area (Å²) in [6, 6.07) is 0.474. The number of rotatable bonds is 10. The summed E-state index contributed by atoms with van der Waals surface area (Å²) in [5.41, 5.74) is 5.69. The van der Waals surface area contributed by atoms with Crippen LogP contribution >= 0.6 is 12.4 Å². The largest absolute Gasteiger partial charge is 0.352 e. The first kappa shape index (κ1) is 22.0. The van der Waals surface area contributed by atoms with E-state index in [0.29, 0.717) is 31.5 Å². The lowest BCUT2D eigenvalue weighted by atomic mass is 9.96. The third kappa shape index (κ3) is 9.31. The lowest BCUT2D eigenvalue weighted by molar-refractivity contribution is -0.122. The van der Waals surface area contributed by atoms with Gasteiger partial charge in [-0.15, -0.1) is 12.4 Å². The monoisotopic (exact) mass is 374 g/mol. The molecule has 146 valence electrons. The first-order valence-electron chi connectivity index (χ1n) is 9.73. The van der Waals surface area contributed by atoms with Crippen LogP contribution in [0.3, 0.4) is 0 Å². The maximum absolute atomic E-state index is 11.9. The molecule has 1 atom stereocenters. The number of carbonyl (C=O) groups excluding carboxylic acids is 2. The lowest BCUT2D eigenvalue weighted by Gasteiger charge is -2.22. The number of unbranched alkanes of at least 4 members (excludes halogenated alkanes) is 2. The van der Waals surface area contributed by atoms with Crippen LogP contribution in [0.1, 0.15) is 70.6 Å². The van der Waals surface area contributed by atoms with Crippen LogP contribution in [-0.4, -0.2) is 37.1 Å². The van der Waals surface area contributed by atoms with Crippen molar-refractivity contribution in [3.8, 4) is 0 Å². The molecule has 0 bridgehead atoms. The summed E-state index contributed by atoms with van der Waals surface area (Å²) in [6.45, 7) is 1.21. The van der Waals surface area contributed by atoms with Gasteiger partial charge < -0.3 is 21.7 Å². The van der Waals surface area contributed by atoms with Crippen molar-refractivity contribution in [2.45, 2.75) is 82.7 Å². The highest BCUT2D eigenvalue weighted by Crippen LogP contribution is 2.32. The number of nitrogens with two attached hydrogens (primary N) is 1. The summed E-state index contributed by atoms with van der Waals surface area (Å²) >= 11 is 0. The quantitative estimate of drug-likeness (QED) is 0.442. The Hall–Kier alpha value is -1.01. The molecule has 2 fully saturated rings. The number of amides is 3. The molecule has 7 heteroatoms. The van der Waals surface area contributed by atoms with Crippen LogP contribution in [0.4, 0.5) is 4.79 Å². The van der Waals surface area contributed by atoms with Crippen molar-refractivity contribution >= 4 is 24.3 Å². The summed E-state index contributed by atoms with van der Waals surface area (Å²) in [7, 11) is 0. The van der Waals surface area contributed by atoms with Crippen LogP contribution in [0.25, 0.3) is 0 Å². The normalized spacial score (nSPS) is 18.8. The summed E-state index contributed by atoms with van der Waals surface area (Å²) in [6.07, 6.45) is 11.6. The standard InChI is InChI=1S/C18H34N4O2.ClH/c19-13-16(14-10-11-14)22-17(23)9-5-2-6-12-20-18(24)21-15-7-3-1-4-8-15;/h14-16H,1-13,19H2,(H,22,23)(H2,20,21,24);1H. The van der Waals surface area contributed by atoms with Gasteiger partial charge in [0, 0.05) is 31.6 Å². The molecular weight excluding hydrogens is 340 g/mol. The maximum Gasteiger partial charge on any atom is 0.315 e. The number of carbonyl (C=O) groups is 2. The second-order valence-electron chi connectivity index (χ2n) is 7.29. The SMILES string of the molecule is Cl.NCC(NC(=O)CCCCCNC(=O)NC1CCCCC1)C1CC1. The van der Waals surface area contributed by atoms with Gasteiger partial charge in [-0.2, -0.15) is 0 Å². The number of hydrogen-bond acceptors (Lipinski definition) is 3. The van der Waals surface area contributed by atoms with Crippen molar-refractivity contribution in [3.63, 3.8) is 0 Å². The van der Waals surface area contributed by atoms with E-state index in [0.717, 1.165) is 32.1 Å². The zero-order valence-electron chi connectivity index (χ0n) is 15.2. The minimum Gasteiger partial charge on any atom is -0.352 e. The predicted octanol–water partition coefficient (Wildman–Crippen LogP) is 2.45. The minimum atomic E-state index is -0.0464. The topological polar surface area (TPSA) is 96.2 Å². The smallest absolute Gasteiger partial charge is 0.315 e. The fourth-order valence-electron chi connectivity index (χ4n) is 3.42. The summed E-state index contributed by atoms with van der Waals surface area (Å²) < 4.78 is 0. The van der Waals surface area contributed by atoms with Crippen LogP contribution in [0.2, 0.25) is 0 Å². The molecule has 0 aromatic heterocycles. The summed E-state index contributed by atoms with van der Waals surface area (Å²) in [4.78, 5) is 23.6. The summed E-state index contributed by atoms with van der Waals surface area (Å²) in [5.74, 6) is 0.714. The van der Waals surface area contributed by atoms with Crippen molar-refractivity contribution in [1.82, 2.24) is 16.0 Å². The average molecular weight is 375 g/mol. The second-order valence-corrected chi connectivity index (χ2v) is 7.29. The Balaban J connectivity index is 0.00000312. The van der Waals surface area contributed by atoms with Gasteiger partial charge in [0.2, 0.25) is 5.91 Å². The highest BCUT2D eigenvalue weighted by Gasteiger charge is 2.30. The average Bonchev–Trinajstić information content (AvgIpc) is 3.41. The van der Waals surface area contributed by atoms with Crippen LogP contribution in [0, 0.1) is 5.92 Å². The summed E-state index contributed by atoms with van der Waals surface area (Å²) in [5, 5.41) is 9.00. The van der Waals surface area contributed by atoms with Crippen LogP contribution in [-0.2, 0) is 4.79 Å². The molecule has 0 aliphatic heterocycles. The zero-order chi connectivity index (χ0) is 17.2. The molecule has 0 heterocycles. The van der Waals surface area contributed by atoms with Gasteiger partial charge in [-0.1, -0.05) is 25.7 Å². The highest BCUT2D eigenvalue weighted by molar-refractivity contribution is 5.85. The molecule has 2 saturated carbocycles. The Morgan fingerprint density at radius 2 is 1.72 bits per heavy atom. The predicted molar refractivity (Wildman–Crippen MR) is 103 cm³/mol. The van der Waals surface area contributed by atoms with Crippen molar-refractivity contribution in [1.29, 1.82) is 0 Å². The fourth-order valence-corrected chi connectivity index (χ4v) is 3.42. The third-order valence-electron chi connectivity index (χ3n) is 5.10. The molecule has 0 radical (unpaired) electrons. The van der Waals surface area contributed by atoms with Crippen molar-refractivity contribution in [2.75, 3.05) is 13.1 Å². The minimum absolute atomic E-state index is 0. The van der Waals surface area contributed by atoms with Crippen molar-refractivity contribution < 1.29 is 9.59 Å². The molecule has 2 aliphatic carbocycles. The number of nitrogens with one attached hydrogen (secondary N) is 3. The van der Waals surface area contributed by atoms with Gasteiger partial charge in [0.25, 0.3) is 0 Å². The molecule has 25 heavy (non-hydrogen) atoms. The van der Waals surface area contributed by atoms with Crippen LogP contribution in [0.15, 0.2) is 0 Å². The van der Waals surface area contributed by atoms with Gasteiger partial charge in [0.05, 0.1) is 0 Å². The van der Waals surface area contributed by atoms with Crippen molar-refractivity contribution in [2.24, 2.45) is 11.7 Å². The van der Waals surface area contributed by atoms with Gasteiger partial charge in [-0.05, 0) is 44.4 Å². The van der Waals surface area contributed by atoms with E-state index in [-0.39, 0.29) is 30.4 Å². The van der Waals surface area contributed by atoms with E-state index >= 15 is 0 Å². The Morgan fingerprint density at radius 3 is 2.36 bits per heavy atom. The van der Waals surface area contributed by atoms with Crippen LogP contribution in [0.5, 0.6) is 0 Å². The Bertz CT molecular complexity index is 399. The number of halogens is 1. The third-order valence-corrected chi connectivity index (χ3v) is 5.10. The van der Waals surface area contributed by atoms with Gasteiger partial charge in [0.1, 0.15) is 0 Å². The maximum atomic E-state index is 11.9. The molecule has 2 aliphatic rings. The molecule has 0 aromatic carbocycles. The first-order valence-corrected chi connectivity index (χ1v) is 9.73. The molecule has 6 nitrogen and oxygen atoms in total. The molecule has 2 rings (SSSR count).